The molecule has 0 spiro atoms. The topological polar surface area (TPSA) is 25.8 Å². The minimum atomic E-state index is 0.888. The zero-order chi connectivity index (χ0) is 7.40. The van der Waals surface area contributed by atoms with Crippen LogP contribution in [-0.4, -0.2) is 10.2 Å². The number of hydrogen-bond donors (Lipinski definition) is 0. The van der Waals surface area contributed by atoms with Gasteiger partial charge in [-0.2, -0.15) is 0 Å². The molecule has 0 fully saturated rings. The predicted octanol–water partition coefficient (Wildman–Crippen LogP) is 2.64. The number of nitrogens with zero attached hydrogens (tertiary/aromatic N) is 2. The van der Waals surface area contributed by atoms with E-state index in [0.717, 1.165) is 15.3 Å². The van der Waals surface area contributed by atoms with Crippen molar-refractivity contribution in [3.63, 3.8) is 0 Å². The highest BCUT2D eigenvalue weighted by Gasteiger charge is 1.98. The van der Waals surface area contributed by atoms with Crippen molar-refractivity contribution >= 4 is 27.3 Å². The van der Waals surface area contributed by atoms with E-state index in [2.05, 4.69) is 33.1 Å². The van der Waals surface area contributed by atoms with Gasteiger partial charge in [0, 0.05) is 6.42 Å². The van der Waals surface area contributed by atoms with Crippen LogP contribution < -0.4 is 0 Å². The Kier molecular flexibility index (Phi) is 3.28. The molecule has 0 aliphatic carbocycles. The van der Waals surface area contributed by atoms with Crippen LogP contribution in [0.4, 0.5) is 0 Å². The summed E-state index contributed by atoms with van der Waals surface area (Å²) in [6, 6.07) is 0. The van der Waals surface area contributed by atoms with Crippen molar-refractivity contribution < 1.29 is 0 Å². The molecule has 4 heteroatoms. The molecule has 0 atom stereocenters. The van der Waals surface area contributed by atoms with Crippen molar-refractivity contribution in [2.75, 3.05) is 0 Å². The predicted molar refractivity (Wildman–Crippen MR) is 46.2 cm³/mol. The van der Waals surface area contributed by atoms with Crippen LogP contribution in [0.2, 0.25) is 0 Å². The molecule has 0 bridgehead atoms. The fraction of sp³-hybridized carbons (Fsp3) is 0.667. The van der Waals surface area contributed by atoms with Crippen LogP contribution in [0.1, 0.15) is 24.8 Å². The molecule has 1 aromatic rings. The second kappa shape index (κ2) is 4.03. The molecule has 0 N–H and O–H groups in total. The Hall–Kier alpha value is 0.0400. The van der Waals surface area contributed by atoms with Gasteiger partial charge in [-0.3, -0.25) is 0 Å². The van der Waals surface area contributed by atoms with Gasteiger partial charge in [0.1, 0.15) is 5.01 Å². The molecule has 0 aromatic carbocycles. The van der Waals surface area contributed by atoms with Gasteiger partial charge in [-0.05, 0) is 22.4 Å². The molecule has 0 aliphatic heterocycles. The molecule has 1 aromatic heterocycles. The Bertz CT molecular complexity index is 199. The van der Waals surface area contributed by atoms with E-state index in [-0.39, 0.29) is 0 Å². The van der Waals surface area contributed by atoms with Crippen molar-refractivity contribution in [3.8, 4) is 0 Å². The number of hydrogen-bond acceptors (Lipinski definition) is 3. The fourth-order valence-electron chi connectivity index (χ4n) is 0.662. The van der Waals surface area contributed by atoms with Gasteiger partial charge < -0.3 is 0 Å². The average molecular weight is 221 g/mol. The summed E-state index contributed by atoms with van der Waals surface area (Å²) in [5.74, 6) is 0. The minimum absolute atomic E-state index is 0.888. The van der Waals surface area contributed by atoms with Crippen molar-refractivity contribution in [1.29, 1.82) is 0 Å². The lowest BCUT2D eigenvalue weighted by atomic mass is 10.3. The smallest absolute Gasteiger partial charge is 0.143 e. The molecular weight excluding hydrogens is 212 g/mol. The van der Waals surface area contributed by atoms with E-state index < -0.39 is 0 Å². The van der Waals surface area contributed by atoms with Gasteiger partial charge in [-0.25, -0.2) is 0 Å². The fourth-order valence-corrected chi connectivity index (χ4v) is 1.91. The van der Waals surface area contributed by atoms with Gasteiger partial charge in [0.2, 0.25) is 0 Å². The molecule has 2 nitrogen and oxygen atoms in total. The third-order valence-corrected chi connectivity index (χ3v) is 2.60. The Morgan fingerprint density at radius 3 is 2.80 bits per heavy atom. The SMILES string of the molecule is CCCCc1nnc(Br)s1. The third kappa shape index (κ3) is 2.34. The first-order valence-electron chi connectivity index (χ1n) is 3.31. The Morgan fingerprint density at radius 1 is 1.50 bits per heavy atom. The summed E-state index contributed by atoms with van der Waals surface area (Å²) in [5, 5.41) is 8.96. The summed E-state index contributed by atoms with van der Waals surface area (Å²) < 4.78 is 0.888. The standard InChI is InChI=1S/C6H9BrN2S/c1-2-3-4-5-8-9-6(7)10-5/h2-4H2,1H3. The molecule has 0 radical (unpaired) electrons. The van der Waals surface area contributed by atoms with E-state index in [0.29, 0.717) is 0 Å². The highest BCUT2D eigenvalue weighted by molar-refractivity contribution is 9.11. The summed E-state index contributed by atoms with van der Waals surface area (Å²) in [6.07, 6.45) is 3.50. The van der Waals surface area contributed by atoms with E-state index in [9.17, 15) is 0 Å². The van der Waals surface area contributed by atoms with Crippen molar-refractivity contribution in [2.24, 2.45) is 0 Å². The first kappa shape index (κ1) is 8.14. The normalized spacial score (nSPS) is 10.2. The van der Waals surface area contributed by atoms with Gasteiger partial charge in [-0.15, -0.1) is 10.2 Å². The first-order chi connectivity index (χ1) is 4.83. The second-order valence-electron chi connectivity index (χ2n) is 2.05. The van der Waals surface area contributed by atoms with Crippen LogP contribution in [-0.2, 0) is 6.42 Å². The van der Waals surface area contributed by atoms with E-state index in [1.165, 1.54) is 12.8 Å². The zero-order valence-corrected chi connectivity index (χ0v) is 8.20. The maximum Gasteiger partial charge on any atom is 0.183 e. The lowest BCUT2D eigenvalue weighted by Gasteiger charge is -1.87. The quantitative estimate of drug-likeness (QED) is 0.784. The molecule has 1 rings (SSSR count). The van der Waals surface area contributed by atoms with E-state index in [1.54, 1.807) is 11.3 Å². The lowest BCUT2D eigenvalue weighted by molar-refractivity contribution is 0.779. The number of aromatic nitrogens is 2. The van der Waals surface area contributed by atoms with Crippen LogP contribution >= 0.6 is 27.3 Å². The maximum absolute atomic E-state index is 3.97. The number of halogens is 1. The van der Waals surface area contributed by atoms with Gasteiger partial charge in [-0.1, -0.05) is 24.7 Å². The molecule has 0 unspecified atom stereocenters. The van der Waals surface area contributed by atoms with Gasteiger partial charge in [0.05, 0.1) is 0 Å². The van der Waals surface area contributed by atoms with Crippen molar-refractivity contribution in [1.82, 2.24) is 10.2 Å². The summed E-state index contributed by atoms with van der Waals surface area (Å²) in [7, 11) is 0. The maximum atomic E-state index is 3.97. The van der Waals surface area contributed by atoms with Gasteiger partial charge in [0.15, 0.2) is 3.92 Å². The first-order valence-corrected chi connectivity index (χ1v) is 4.91. The second-order valence-corrected chi connectivity index (χ2v) is 4.39. The minimum Gasteiger partial charge on any atom is -0.143 e. The molecule has 56 valence electrons. The largest absolute Gasteiger partial charge is 0.183 e. The lowest BCUT2D eigenvalue weighted by Crippen LogP contribution is -1.81. The van der Waals surface area contributed by atoms with Crippen LogP contribution in [0.3, 0.4) is 0 Å². The molecule has 1 heterocycles. The van der Waals surface area contributed by atoms with Crippen LogP contribution in [0.15, 0.2) is 3.92 Å². The highest BCUT2D eigenvalue weighted by atomic mass is 79.9. The monoisotopic (exact) mass is 220 g/mol. The summed E-state index contributed by atoms with van der Waals surface area (Å²) in [5.41, 5.74) is 0. The Morgan fingerprint density at radius 2 is 2.30 bits per heavy atom. The molecular formula is C6H9BrN2S. The summed E-state index contributed by atoms with van der Waals surface area (Å²) in [6.45, 7) is 2.18. The van der Waals surface area contributed by atoms with Crippen molar-refractivity contribution in [3.05, 3.63) is 8.92 Å². The Labute approximate surface area is 72.8 Å². The van der Waals surface area contributed by atoms with Crippen LogP contribution in [0, 0.1) is 0 Å². The van der Waals surface area contributed by atoms with Crippen LogP contribution in [0.5, 0.6) is 0 Å². The summed E-state index contributed by atoms with van der Waals surface area (Å²) >= 11 is 4.89. The molecule has 0 saturated carbocycles. The molecule has 0 saturated heterocycles. The van der Waals surface area contributed by atoms with E-state index in [1.807, 2.05) is 0 Å². The zero-order valence-electron chi connectivity index (χ0n) is 5.80. The van der Waals surface area contributed by atoms with Gasteiger partial charge in [0.25, 0.3) is 0 Å². The Balaban J connectivity index is 2.42. The number of aryl methyl sites for hydroxylation is 1. The van der Waals surface area contributed by atoms with E-state index >= 15 is 0 Å². The molecule has 0 aliphatic rings. The highest BCUT2D eigenvalue weighted by Crippen LogP contribution is 2.16. The van der Waals surface area contributed by atoms with Crippen LogP contribution in [0.25, 0.3) is 0 Å². The summed E-state index contributed by atoms with van der Waals surface area (Å²) in [4.78, 5) is 0. The van der Waals surface area contributed by atoms with Gasteiger partial charge >= 0.3 is 0 Å². The number of unbranched alkanes of at least 4 members (excludes halogenated alkanes) is 1. The third-order valence-electron chi connectivity index (χ3n) is 1.19. The number of rotatable bonds is 3. The van der Waals surface area contributed by atoms with E-state index in [4.69, 9.17) is 0 Å². The average Bonchev–Trinajstić information content (AvgIpc) is 2.31. The molecule has 10 heavy (non-hydrogen) atoms. The molecule has 0 amide bonds. The van der Waals surface area contributed by atoms with Crippen molar-refractivity contribution in [2.45, 2.75) is 26.2 Å².